The zero-order chi connectivity index (χ0) is 19.6. The summed E-state index contributed by atoms with van der Waals surface area (Å²) in [5, 5.41) is 5.84. The highest BCUT2D eigenvalue weighted by Crippen LogP contribution is 2.17. The molecule has 27 heavy (non-hydrogen) atoms. The number of hydrogen-bond donors (Lipinski definition) is 2. The maximum absolute atomic E-state index is 12.4. The van der Waals surface area contributed by atoms with Gasteiger partial charge in [-0.3, -0.25) is 4.79 Å². The Balaban J connectivity index is 1.97. The Morgan fingerprint density at radius 3 is 2.59 bits per heavy atom. The number of ether oxygens (including phenoxy) is 1. The molecule has 0 bridgehead atoms. The molecule has 0 radical (unpaired) electrons. The predicted molar refractivity (Wildman–Crippen MR) is 104 cm³/mol. The highest BCUT2D eigenvalue weighted by molar-refractivity contribution is 6.06. The Hall–Kier alpha value is -3.00. The summed E-state index contributed by atoms with van der Waals surface area (Å²) >= 11 is 0. The van der Waals surface area contributed by atoms with E-state index in [9.17, 15) is 9.59 Å². The van der Waals surface area contributed by atoms with E-state index >= 15 is 0 Å². The Morgan fingerprint density at radius 1 is 1.15 bits per heavy atom. The van der Waals surface area contributed by atoms with Crippen molar-refractivity contribution in [2.75, 3.05) is 44.4 Å². The van der Waals surface area contributed by atoms with E-state index in [2.05, 4.69) is 25.5 Å². The molecule has 1 aromatic carbocycles. The quantitative estimate of drug-likeness (QED) is 0.515. The number of para-hydroxylation sites is 1. The van der Waals surface area contributed by atoms with Crippen LogP contribution >= 0.6 is 0 Å². The summed E-state index contributed by atoms with van der Waals surface area (Å²) < 4.78 is 5.00. The number of carbonyl (C=O) groups excluding carboxylic acids is 2. The molecular weight excluding hydrogens is 346 g/mol. The molecule has 0 fully saturated rings. The van der Waals surface area contributed by atoms with Gasteiger partial charge in [-0.25, -0.2) is 14.8 Å². The highest BCUT2D eigenvalue weighted by Gasteiger charge is 2.15. The minimum Gasteiger partial charge on any atom is -0.462 e. The first-order chi connectivity index (χ1) is 13.0. The van der Waals surface area contributed by atoms with Crippen LogP contribution < -0.4 is 10.6 Å². The molecule has 2 N–H and O–H groups in total. The van der Waals surface area contributed by atoms with E-state index in [1.165, 1.54) is 12.4 Å². The van der Waals surface area contributed by atoms with Crippen LogP contribution in [0.2, 0.25) is 0 Å². The van der Waals surface area contributed by atoms with Crippen LogP contribution in [0.25, 0.3) is 0 Å². The number of nitrogens with one attached hydrogen (secondary N) is 2. The summed E-state index contributed by atoms with van der Waals surface area (Å²) in [7, 11) is 4.04. The molecule has 1 aromatic heterocycles. The van der Waals surface area contributed by atoms with E-state index in [0.29, 0.717) is 17.1 Å². The molecule has 0 aliphatic heterocycles. The third-order valence-corrected chi connectivity index (χ3v) is 3.64. The van der Waals surface area contributed by atoms with Crippen molar-refractivity contribution in [1.29, 1.82) is 0 Å². The van der Waals surface area contributed by atoms with Crippen LogP contribution in [-0.2, 0) is 4.74 Å². The van der Waals surface area contributed by atoms with Gasteiger partial charge in [0.25, 0.3) is 5.91 Å². The molecule has 144 valence electrons. The molecule has 0 atom stereocenters. The lowest BCUT2D eigenvalue weighted by molar-refractivity contribution is 0.0527. The summed E-state index contributed by atoms with van der Waals surface area (Å²) in [6, 6.07) is 6.67. The Morgan fingerprint density at radius 2 is 1.93 bits per heavy atom. The molecule has 2 rings (SSSR count). The number of anilines is 2. The minimum atomic E-state index is -0.489. The van der Waals surface area contributed by atoms with Gasteiger partial charge < -0.3 is 20.3 Å². The molecule has 1 heterocycles. The fourth-order valence-corrected chi connectivity index (χ4v) is 2.31. The van der Waals surface area contributed by atoms with Crippen molar-refractivity contribution in [3.05, 3.63) is 47.9 Å². The topological polar surface area (TPSA) is 96.4 Å². The van der Waals surface area contributed by atoms with Gasteiger partial charge in [-0.1, -0.05) is 12.1 Å². The number of amides is 1. The van der Waals surface area contributed by atoms with Gasteiger partial charge in [-0.15, -0.1) is 0 Å². The third-order valence-electron chi connectivity index (χ3n) is 3.64. The second-order valence-corrected chi connectivity index (χ2v) is 6.09. The van der Waals surface area contributed by atoms with Gasteiger partial charge in [0.1, 0.15) is 11.5 Å². The second-order valence-electron chi connectivity index (χ2n) is 6.09. The summed E-state index contributed by atoms with van der Waals surface area (Å²) in [6.07, 6.45) is 3.89. The minimum absolute atomic E-state index is 0.160. The second kappa shape index (κ2) is 10.2. The Bertz CT molecular complexity index is 762. The maximum Gasteiger partial charge on any atom is 0.340 e. The molecule has 1 amide bonds. The molecule has 0 saturated heterocycles. The van der Waals surface area contributed by atoms with Crippen molar-refractivity contribution < 1.29 is 14.3 Å². The lowest BCUT2D eigenvalue weighted by Crippen LogP contribution is -2.18. The lowest BCUT2D eigenvalue weighted by Gasteiger charge is -2.11. The fourth-order valence-electron chi connectivity index (χ4n) is 2.31. The zero-order valence-electron chi connectivity index (χ0n) is 15.9. The molecule has 0 spiro atoms. The lowest BCUT2D eigenvalue weighted by atomic mass is 10.1. The zero-order valence-corrected chi connectivity index (χ0v) is 15.9. The molecule has 0 aliphatic rings. The summed E-state index contributed by atoms with van der Waals surface area (Å²) in [4.78, 5) is 34.8. The smallest absolute Gasteiger partial charge is 0.340 e. The summed E-state index contributed by atoms with van der Waals surface area (Å²) in [5.41, 5.74) is 0.820. The van der Waals surface area contributed by atoms with Gasteiger partial charge in [0.15, 0.2) is 0 Å². The fraction of sp³-hybridized carbons (Fsp3) is 0.368. The van der Waals surface area contributed by atoms with E-state index in [1.807, 2.05) is 14.1 Å². The number of carbonyl (C=O) groups is 2. The van der Waals surface area contributed by atoms with Crippen molar-refractivity contribution in [3.63, 3.8) is 0 Å². The third kappa shape index (κ3) is 6.34. The summed E-state index contributed by atoms with van der Waals surface area (Å²) in [5.74, 6) is -0.326. The van der Waals surface area contributed by atoms with Gasteiger partial charge in [-0.05, 0) is 46.1 Å². The highest BCUT2D eigenvalue weighted by atomic mass is 16.5. The number of nitrogens with zero attached hydrogens (tertiary/aromatic N) is 3. The van der Waals surface area contributed by atoms with Crippen LogP contribution in [0.1, 0.15) is 34.2 Å². The molecule has 0 aliphatic carbocycles. The van der Waals surface area contributed by atoms with Gasteiger partial charge in [0.05, 0.1) is 30.3 Å². The largest absolute Gasteiger partial charge is 0.462 e. The van der Waals surface area contributed by atoms with Crippen LogP contribution in [0.15, 0.2) is 36.7 Å². The van der Waals surface area contributed by atoms with Crippen LogP contribution in [0, 0.1) is 0 Å². The van der Waals surface area contributed by atoms with E-state index < -0.39 is 11.9 Å². The van der Waals surface area contributed by atoms with Crippen LogP contribution in [0.5, 0.6) is 0 Å². The normalized spacial score (nSPS) is 10.5. The van der Waals surface area contributed by atoms with E-state index in [1.54, 1.807) is 31.2 Å². The number of aromatic nitrogens is 2. The van der Waals surface area contributed by atoms with Gasteiger partial charge in [-0.2, -0.15) is 0 Å². The molecular formula is C19H25N5O3. The van der Waals surface area contributed by atoms with Crippen molar-refractivity contribution >= 4 is 23.4 Å². The standard InChI is InChI=1S/C19H25N5O3/c1-4-27-19(26)14-8-5-6-9-15(14)23-18(25)16-12-22-17(13-21-16)20-10-7-11-24(2)3/h5-6,8-9,12-13H,4,7,10-11H2,1-3H3,(H,20,22)(H,23,25). The van der Waals surface area contributed by atoms with Crippen LogP contribution in [-0.4, -0.2) is 60.5 Å². The SMILES string of the molecule is CCOC(=O)c1ccccc1NC(=O)c1cnc(NCCCN(C)C)cn1. The molecule has 2 aromatic rings. The van der Waals surface area contributed by atoms with Crippen molar-refractivity contribution in [1.82, 2.24) is 14.9 Å². The summed E-state index contributed by atoms with van der Waals surface area (Å²) in [6.45, 7) is 3.73. The van der Waals surface area contributed by atoms with E-state index in [0.717, 1.165) is 19.5 Å². The maximum atomic E-state index is 12.4. The average Bonchev–Trinajstić information content (AvgIpc) is 2.66. The molecule has 0 unspecified atom stereocenters. The monoisotopic (exact) mass is 371 g/mol. The number of rotatable bonds is 9. The molecule has 0 saturated carbocycles. The van der Waals surface area contributed by atoms with Crippen LogP contribution in [0.4, 0.5) is 11.5 Å². The Labute approximate surface area is 159 Å². The first-order valence-corrected chi connectivity index (χ1v) is 8.79. The molecule has 8 heteroatoms. The first kappa shape index (κ1) is 20.3. The predicted octanol–water partition coefficient (Wildman–Crippen LogP) is 2.27. The Kier molecular flexibility index (Phi) is 7.69. The van der Waals surface area contributed by atoms with E-state index in [-0.39, 0.29) is 12.3 Å². The number of hydrogen-bond acceptors (Lipinski definition) is 7. The van der Waals surface area contributed by atoms with Crippen molar-refractivity contribution in [2.24, 2.45) is 0 Å². The van der Waals surface area contributed by atoms with Crippen molar-refractivity contribution in [2.45, 2.75) is 13.3 Å². The molecule has 8 nitrogen and oxygen atoms in total. The van der Waals surface area contributed by atoms with Gasteiger partial charge in [0.2, 0.25) is 0 Å². The van der Waals surface area contributed by atoms with Crippen LogP contribution in [0.3, 0.4) is 0 Å². The van der Waals surface area contributed by atoms with Crippen molar-refractivity contribution in [3.8, 4) is 0 Å². The van der Waals surface area contributed by atoms with E-state index in [4.69, 9.17) is 4.74 Å². The number of benzene rings is 1. The first-order valence-electron chi connectivity index (χ1n) is 8.79. The van der Waals surface area contributed by atoms with Gasteiger partial charge >= 0.3 is 5.97 Å². The average molecular weight is 371 g/mol. The van der Waals surface area contributed by atoms with Gasteiger partial charge in [0, 0.05) is 6.54 Å². The number of esters is 1.